The summed E-state index contributed by atoms with van der Waals surface area (Å²) in [7, 11) is 0. The smallest absolute Gasteiger partial charge is 0.262 e. The van der Waals surface area contributed by atoms with Crippen molar-refractivity contribution in [2.24, 2.45) is 0 Å². The average molecular weight is 487 g/mol. The number of nitrogens with one attached hydrogen (secondary N) is 2. The summed E-state index contributed by atoms with van der Waals surface area (Å²) in [5.74, 6) is 0.507. The monoisotopic (exact) mass is 486 g/mol. The maximum Gasteiger partial charge on any atom is 0.262 e. The fourth-order valence-corrected chi connectivity index (χ4v) is 3.66. The molecule has 174 valence electrons. The van der Waals surface area contributed by atoms with Crippen LogP contribution in [0, 0.1) is 20.8 Å². The number of aryl methyl sites for hydroxylation is 3. The lowest BCUT2D eigenvalue weighted by Crippen LogP contribution is -2.20. The van der Waals surface area contributed by atoms with Gasteiger partial charge in [-0.3, -0.25) is 4.79 Å². The highest BCUT2D eigenvalue weighted by Gasteiger charge is 2.15. The SMILES string of the molecule is CCOc1cc(CNc2ccc(C)c(C)c2)cc(Cl)c1OCC(=O)Nc1ccc(C)c(Cl)c1. The second kappa shape index (κ2) is 11.3. The van der Waals surface area contributed by atoms with Gasteiger partial charge in [0, 0.05) is 22.9 Å². The Labute approximate surface area is 205 Å². The molecule has 0 aliphatic heterocycles. The molecule has 33 heavy (non-hydrogen) atoms. The van der Waals surface area contributed by atoms with Gasteiger partial charge >= 0.3 is 0 Å². The first-order valence-electron chi connectivity index (χ1n) is 10.7. The molecule has 0 spiro atoms. The van der Waals surface area contributed by atoms with E-state index < -0.39 is 0 Å². The first-order valence-corrected chi connectivity index (χ1v) is 11.5. The van der Waals surface area contributed by atoms with E-state index in [1.165, 1.54) is 11.1 Å². The molecule has 0 saturated carbocycles. The van der Waals surface area contributed by atoms with Crippen molar-refractivity contribution in [2.45, 2.75) is 34.2 Å². The number of halogens is 2. The summed E-state index contributed by atoms with van der Waals surface area (Å²) >= 11 is 12.6. The van der Waals surface area contributed by atoms with Crippen LogP contribution in [-0.2, 0) is 11.3 Å². The van der Waals surface area contributed by atoms with E-state index in [-0.39, 0.29) is 12.5 Å². The largest absolute Gasteiger partial charge is 0.490 e. The summed E-state index contributed by atoms with van der Waals surface area (Å²) < 4.78 is 11.5. The minimum atomic E-state index is -0.325. The second-order valence-electron chi connectivity index (χ2n) is 7.79. The molecule has 1 amide bonds. The highest BCUT2D eigenvalue weighted by molar-refractivity contribution is 6.32. The van der Waals surface area contributed by atoms with Crippen molar-refractivity contribution >= 4 is 40.5 Å². The average Bonchev–Trinajstić information content (AvgIpc) is 2.77. The molecular weight excluding hydrogens is 459 g/mol. The van der Waals surface area contributed by atoms with Crippen LogP contribution in [0.15, 0.2) is 48.5 Å². The van der Waals surface area contributed by atoms with Crippen LogP contribution in [0.1, 0.15) is 29.2 Å². The van der Waals surface area contributed by atoms with Gasteiger partial charge in [0.2, 0.25) is 0 Å². The Morgan fingerprint density at radius 2 is 1.58 bits per heavy atom. The fourth-order valence-electron chi connectivity index (χ4n) is 3.19. The van der Waals surface area contributed by atoms with Crippen LogP contribution in [-0.4, -0.2) is 19.1 Å². The number of rotatable bonds is 9. The zero-order valence-corrected chi connectivity index (χ0v) is 20.7. The molecule has 0 aliphatic rings. The number of ether oxygens (including phenoxy) is 2. The molecule has 0 bridgehead atoms. The Balaban J connectivity index is 1.67. The first-order chi connectivity index (χ1) is 15.8. The highest BCUT2D eigenvalue weighted by Crippen LogP contribution is 2.37. The normalized spacial score (nSPS) is 10.6. The van der Waals surface area contributed by atoms with Gasteiger partial charge in [0.1, 0.15) is 0 Å². The van der Waals surface area contributed by atoms with E-state index in [1.807, 2.05) is 38.1 Å². The van der Waals surface area contributed by atoms with E-state index in [0.29, 0.717) is 40.4 Å². The molecule has 0 aromatic heterocycles. The number of benzene rings is 3. The Kier molecular flexibility index (Phi) is 8.48. The van der Waals surface area contributed by atoms with Crippen LogP contribution < -0.4 is 20.1 Å². The standard InChI is InChI=1S/C26H28Cl2N2O3/c1-5-32-24-12-19(14-29-20-8-6-16(2)18(4)10-20)11-23(28)26(24)33-15-25(31)30-21-9-7-17(3)22(27)13-21/h6-13,29H,5,14-15H2,1-4H3,(H,30,31). The molecule has 2 N–H and O–H groups in total. The number of hydrogen-bond donors (Lipinski definition) is 2. The molecule has 0 aliphatic carbocycles. The van der Waals surface area contributed by atoms with Crippen molar-refractivity contribution in [1.29, 1.82) is 0 Å². The molecule has 0 heterocycles. The number of carbonyl (C=O) groups excluding carboxylic acids is 1. The minimum Gasteiger partial charge on any atom is -0.490 e. The number of amides is 1. The summed E-state index contributed by atoms with van der Waals surface area (Å²) in [4.78, 5) is 12.4. The van der Waals surface area contributed by atoms with Crippen LogP contribution >= 0.6 is 23.2 Å². The van der Waals surface area contributed by atoms with Gasteiger partial charge in [-0.05, 0) is 86.3 Å². The van der Waals surface area contributed by atoms with Crippen LogP contribution in [0.25, 0.3) is 0 Å². The zero-order valence-electron chi connectivity index (χ0n) is 19.2. The molecule has 3 aromatic rings. The molecule has 0 radical (unpaired) electrons. The van der Waals surface area contributed by atoms with Crippen LogP contribution in [0.3, 0.4) is 0 Å². The summed E-state index contributed by atoms with van der Waals surface area (Å²) in [6, 6.07) is 15.3. The maximum absolute atomic E-state index is 12.4. The lowest BCUT2D eigenvalue weighted by Gasteiger charge is -2.16. The van der Waals surface area contributed by atoms with Crippen molar-refractivity contribution in [1.82, 2.24) is 0 Å². The van der Waals surface area contributed by atoms with Crippen LogP contribution in [0.2, 0.25) is 10.0 Å². The maximum atomic E-state index is 12.4. The van der Waals surface area contributed by atoms with E-state index in [4.69, 9.17) is 32.7 Å². The van der Waals surface area contributed by atoms with Crippen molar-refractivity contribution in [3.05, 3.63) is 80.8 Å². The van der Waals surface area contributed by atoms with Gasteiger partial charge in [0.25, 0.3) is 5.91 Å². The number of anilines is 2. The molecule has 0 saturated heterocycles. The van der Waals surface area contributed by atoms with E-state index in [0.717, 1.165) is 16.8 Å². The van der Waals surface area contributed by atoms with Crippen LogP contribution in [0.5, 0.6) is 11.5 Å². The summed E-state index contributed by atoms with van der Waals surface area (Å²) in [6.07, 6.45) is 0. The lowest BCUT2D eigenvalue weighted by molar-refractivity contribution is -0.118. The topological polar surface area (TPSA) is 59.6 Å². The number of hydrogen-bond acceptors (Lipinski definition) is 4. The first kappa shape index (κ1) is 24.7. The van der Waals surface area contributed by atoms with Crippen molar-refractivity contribution in [3.8, 4) is 11.5 Å². The molecule has 3 aromatic carbocycles. The third-order valence-electron chi connectivity index (χ3n) is 5.18. The van der Waals surface area contributed by atoms with E-state index in [2.05, 4.69) is 36.6 Å². The van der Waals surface area contributed by atoms with Gasteiger partial charge in [-0.2, -0.15) is 0 Å². The predicted molar refractivity (Wildman–Crippen MR) is 136 cm³/mol. The van der Waals surface area contributed by atoms with Crippen molar-refractivity contribution in [3.63, 3.8) is 0 Å². The minimum absolute atomic E-state index is 0.217. The van der Waals surface area contributed by atoms with Gasteiger partial charge in [-0.25, -0.2) is 0 Å². The van der Waals surface area contributed by atoms with Crippen molar-refractivity contribution in [2.75, 3.05) is 23.8 Å². The summed E-state index contributed by atoms with van der Waals surface area (Å²) in [5.41, 5.74) is 5.98. The fraction of sp³-hybridized carbons (Fsp3) is 0.269. The van der Waals surface area contributed by atoms with E-state index in [1.54, 1.807) is 12.1 Å². The molecular formula is C26H28Cl2N2O3. The third-order valence-corrected chi connectivity index (χ3v) is 5.86. The molecule has 0 fully saturated rings. The highest BCUT2D eigenvalue weighted by atomic mass is 35.5. The van der Waals surface area contributed by atoms with Gasteiger partial charge in [0.15, 0.2) is 18.1 Å². The molecule has 5 nitrogen and oxygen atoms in total. The Morgan fingerprint density at radius 1 is 0.848 bits per heavy atom. The Morgan fingerprint density at radius 3 is 2.27 bits per heavy atom. The van der Waals surface area contributed by atoms with Gasteiger partial charge in [-0.15, -0.1) is 0 Å². The Hall–Kier alpha value is -2.89. The van der Waals surface area contributed by atoms with E-state index >= 15 is 0 Å². The van der Waals surface area contributed by atoms with Gasteiger partial charge < -0.3 is 20.1 Å². The third kappa shape index (κ3) is 6.80. The van der Waals surface area contributed by atoms with Gasteiger partial charge in [-0.1, -0.05) is 35.3 Å². The Bertz CT molecular complexity index is 1150. The lowest BCUT2D eigenvalue weighted by atomic mass is 10.1. The second-order valence-corrected chi connectivity index (χ2v) is 8.61. The molecule has 7 heteroatoms. The quantitative estimate of drug-likeness (QED) is 0.343. The van der Waals surface area contributed by atoms with Gasteiger partial charge in [0.05, 0.1) is 11.6 Å². The predicted octanol–water partition coefficient (Wildman–Crippen LogP) is 6.95. The summed E-state index contributed by atoms with van der Waals surface area (Å²) in [5, 5.41) is 7.13. The van der Waals surface area contributed by atoms with E-state index in [9.17, 15) is 4.79 Å². The number of carbonyl (C=O) groups is 1. The zero-order chi connectivity index (χ0) is 24.0. The van der Waals surface area contributed by atoms with Crippen molar-refractivity contribution < 1.29 is 14.3 Å². The van der Waals surface area contributed by atoms with Crippen LogP contribution in [0.4, 0.5) is 11.4 Å². The summed E-state index contributed by atoms with van der Waals surface area (Å²) in [6.45, 7) is 8.74. The molecule has 3 rings (SSSR count). The molecule has 0 unspecified atom stereocenters. The molecule has 0 atom stereocenters.